The number of ether oxygens (including phenoxy) is 2. The minimum absolute atomic E-state index is 0.169. The van der Waals surface area contributed by atoms with Gasteiger partial charge in [0.05, 0.1) is 11.8 Å². The fourth-order valence-corrected chi connectivity index (χ4v) is 3.34. The minimum Gasteiger partial charge on any atom is -0.486 e. The lowest BCUT2D eigenvalue weighted by molar-refractivity contribution is 0.00703. The number of hydrogen-bond donors (Lipinski definition) is 0. The van der Waals surface area contributed by atoms with Crippen molar-refractivity contribution in [2.24, 2.45) is 0 Å². The molecule has 0 saturated carbocycles. The summed E-state index contributed by atoms with van der Waals surface area (Å²) in [4.78, 5) is 18.1. The van der Waals surface area contributed by atoms with Gasteiger partial charge >= 0.3 is 0 Å². The third-order valence-corrected chi connectivity index (χ3v) is 5.09. The third kappa shape index (κ3) is 5.04. The Morgan fingerprint density at radius 1 is 1.30 bits per heavy atom. The second kappa shape index (κ2) is 9.53. The number of hydrogen-bond acceptors (Lipinski definition) is 7. The van der Waals surface area contributed by atoms with Crippen LogP contribution in [-0.2, 0) is 11.3 Å². The molecule has 3 aromatic rings. The van der Waals surface area contributed by atoms with E-state index in [2.05, 4.69) is 15.2 Å². The molecule has 1 aromatic carbocycles. The molecule has 1 saturated heterocycles. The Hall–Kier alpha value is -3.20. The molecule has 9 nitrogen and oxygen atoms in total. The summed E-state index contributed by atoms with van der Waals surface area (Å²) in [7, 11) is 1.77. The first-order chi connectivity index (χ1) is 14.7. The molecule has 30 heavy (non-hydrogen) atoms. The zero-order valence-corrected chi connectivity index (χ0v) is 16.9. The van der Waals surface area contributed by atoms with Gasteiger partial charge in [0.25, 0.3) is 5.91 Å². The predicted octanol–water partition coefficient (Wildman–Crippen LogP) is 2.87. The fraction of sp³-hybridized carbons (Fsp3) is 0.429. The lowest BCUT2D eigenvalue weighted by Gasteiger charge is -2.24. The summed E-state index contributed by atoms with van der Waals surface area (Å²) >= 11 is 0. The van der Waals surface area contributed by atoms with Crippen LogP contribution in [-0.4, -0.2) is 57.0 Å². The second-order valence-electron chi connectivity index (χ2n) is 7.31. The van der Waals surface area contributed by atoms with Crippen molar-refractivity contribution in [1.82, 2.24) is 24.8 Å². The molecule has 0 unspecified atom stereocenters. The lowest BCUT2D eigenvalue weighted by Crippen LogP contribution is -2.31. The number of amides is 1. The van der Waals surface area contributed by atoms with Crippen LogP contribution in [0.25, 0.3) is 5.69 Å². The van der Waals surface area contributed by atoms with Crippen LogP contribution in [0.3, 0.4) is 0 Å². The second-order valence-corrected chi connectivity index (χ2v) is 7.31. The van der Waals surface area contributed by atoms with Crippen molar-refractivity contribution in [3.8, 4) is 11.4 Å². The number of nitrogens with zero attached hydrogens (tertiary/aromatic N) is 5. The monoisotopic (exact) mass is 411 g/mol. The van der Waals surface area contributed by atoms with E-state index in [1.54, 1.807) is 29.0 Å². The van der Waals surface area contributed by atoms with Crippen LogP contribution < -0.4 is 4.74 Å². The normalized spacial score (nSPS) is 16.4. The molecule has 0 spiro atoms. The topological polar surface area (TPSA) is 95.5 Å². The molecular weight excluding hydrogens is 386 g/mol. The molecule has 0 bridgehead atoms. The highest BCUT2D eigenvalue weighted by Gasteiger charge is 2.20. The molecule has 1 fully saturated rings. The molecule has 158 valence electrons. The van der Waals surface area contributed by atoms with E-state index in [0.717, 1.165) is 31.6 Å². The van der Waals surface area contributed by atoms with Crippen molar-refractivity contribution >= 4 is 5.91 Å². The van der Waals surface area contributed by atoms with Gasteiger partial charge in [0.15, 0.2) is 11.5 Å². The van der Waals surface area contributed by atoms with Gasteiger partial charge in [-0.15, -0.1) is 0 Å². The maximum atomic E-state index is 12.6. The van der Waals surface area contributed by atoms with Gasteiger partial charge in [-0.05, 0) is 49.9 Å². The summed E-state index contributed by atoms with van der Waals surface area (Å²) in [5.41, 5.74) is 1.16. The zero-order chi connectivity index (χ0) is 20.8. The average Bonchev–Trinajstić information content (AvgIpc) is 3.49. The number of benzene rings is 1. The zero-order valence-electron chi connectivity index (χ0n) is 16.9. The maximum Gasteiger partial charge on any atom is 0.275 e. The Kier molecular flexibility index (Phi) is 6.38. The van der Waals surface area contributed by atoms with Crippen LogP contribution in [0.4, 0.5) is 0 Å². The lowest BCUT2D eigenvalue weighted by atomic mass is 10.1. The van der Waals surface area contributed by atoms with E-state index in [-0.39, 0.29) is 24.3 Å². The fourth-order valence-electron chi connectivity index (χ4n) is 3.34. The van der Waals surface area contributed by atoms with Gasteiger partial charge in [-0.25, -0.2) is 9.67 Å². The van der Waals surface area contributed by atoms with Crippen molar-refractivity contribution in [1.29, 1.82) is 0 Å². The Balaban J connectivity index is 1.26. The summed E-state index contributed by atoms with van der Waals surface area (Å²) in [5, 5.41) is 7.98. The Morgan fingerprint density at radius 3 is 2.90 bits per heavy atom. The van der Waals surface area contributed by atoms with Gasteiger partial charge in [-0.3, -0.25) is 4.79 Å². The van der Waals surface area contributed by atoms with Crippen LogP contribution in [0.15, 0.2) is 47.5 Å². The Morgan fingerprint density at radius 2 is 2.17 bits per heavy atom. The van der Waals surface area contributed by atoms with Crippen LogP contribution >= 0.6 is 0 Å². The summed E-state index contributed by atoms with van der Waals surface area (Å²) in [6, 6.07) is 9.05. The number of carbonyl (C=O) groups excluding carboxylic acids is 1. The molecule has 4 rings (SSSR count). The highest BCUT2D eigenvalue weighted by molar-refractivity contribution is 5.92. The molecular formula is C21H25N5O4. The van der Waals surface area contributed by atoms with Crippen LogP contribution in [0.5, 0.6) is 5.75 Å². The largest absolute Gasteiger partial charge is 0.486 e. The molecule has 1 aliphatic rings. The molecule has 0 N–H and O–H groups in total. The molecule has 1 aliphatic heterocycles. The highest BCUT2D eigenvalue weighted by atomic mass is 16.5. The standard InChI is InChI=1S/C21H25N5O4/c1-25(10-9-17-4-2-3-11-28-17)21(27)20-12-19(30-24-20)13-29-18-7-5-16(6-8-18)26-15-22-14-23-26/h5-8,12,14-15,17H,2-4,9-11,13H2,1H3/t17-/m0/s1. The van der Waals surface area contributed by atoms with Crippen LogP contribution in [0, 0.1) is 0 Å². The van der Waals surface area contributed by atoms with Gasteiger partial charge in [0.2, 0.25) is 0 Å². The predicted molar refractivity (Wildman–Crippen MR) is 107 cm³/mol. The minimum atomic E-state index is -0.169. The van der Waals surface area contributed by atoms with Gasteiger partial charge in [0.1, 0.15) is 25.0 Å². The molecule has 0 aliphatic carbocycles. The summed E-state index contributed by atoms with van der Waals surface area (Å²) in [6.45, 7) is 1.63. The van der Waals surface area contributed by atoms with E-state index in [0.29, 0.717) is 18.1 Å². The van der Waals surface area contributed by atoms with E-state index >= 15 is 0 Å². The molecule has 9 heteroatoms. The molecule has 3 heterocycles. The first-order valence-electron chi connectivity index (χ1n) is 10.1. The van der Waals surface area contributed by atoms with E-state index in [1.165, 1.54) is 12.7 Å². The number of rotatable bonds is 8. The third-order valence-electron chi connectivity index (χ3n) is 5.09. The highest BCUT2D eigenvalue weighted by Crippen LogP contribution is 2.18. The van der Waals surface area contributed by atoms with Crippen molar-refractivity contribution < 1.29 is 18.8 Å². The Labute approximate surface area is 174 Å². The number of aromatic nitrogens is 4. The quantitative estimate of drug-likeness (QED) is 0.562. The Bertz CT molecular complexity index is 933. The van der Waals surface area contributed by atoms with Crippen molar-refractivity contribution in [3.63, 3.8) is 0 Å². The first-order valence-corrected chi connectivity index (χ1v) is 10.1. The van der Waals surface area contributed by atoms with Crippen molar-refractivity contribution in [2.75, 3.05) is 20.2 Å². The molecule has 1 atom stereocenters. The van der Waals surface area contributed by atoms with Gasteiger partial charge in [-0.1, -0.05) is 5.16 Å². The van der Waals surface area contributed by atoms with Gasteiger partial charge in [-0.2, -0.15) is 5.10 Å². The summed E-state index contributed by atoms with van der Waals surface area (Å²) in [5.74, 6) is 0.994. The van der Waals surface area contributed by atoms with E-state index in [4.69, 9.17) is 14.0 Å². The van der Waals surface area contributed by atoms with E-state index < -0.39 is 0 Å². The van der Waals surface area contributed by atoms with Crippen LogP contribution in [0.1, 0.15) is 41.9 Å². The molecule has 1 amide bonds. The molecule has 2 aromatic heterocycles. The van der Waals surface area contributed by atoms with Crippen LogP contribution in [0.2, 0.25) is 0 Å². The van der Waals surface area contributed by atoms with E-state index in [9.17, 15) is 4.79 Å². The SMILES string of the molecule is CN(CC[C@@H]1CCCCO1)C(=O)c1cc(COc2ccc(-n3cncn3)cc2)on1. The summed E-state index contributed by atoms with van der Waals surface area (Å²) in [6.07, 6.45) is 7.56. The number of carbonyl (C=O) groups is 1. The smallest absolute Gasteiger partial charge is 0.275 e. The first kappa shape index (κ1) is 20.1. The van der Waals surface area contributed by atoms with Crippen molar-refractivity contribution in [3.05, 3.63) is 54.4 Å². The summed E-state index contributed by atoms with van der Waals surface area (Å²) < 4.78 is 18.4. The van der Waals surface area contributed by atoms with E-state index in [1.807, 2.05) is 24.3 Å². The average molecular weight is 411 g/mol. The molecule has 0 radical (unpaired) electrons. The maximum absolute atomic E-state index is 12.6. The van der Waals surface area contributed by atoms with Crippen molar-refractivity contribution in [2.45, 2.75) is 38.4 Å². The van der Waals surface area contributed by atoms with Gasteiger partial charge < -0.3 is 18.9 Å². The van der Waals surface area contributed by atoms with Gasteiger partial charge in [0, 0.05) is 26.3 Å².